The van der Waals surface area contributed by atoms with E-state index in [1.165, 1.54) is 25.4 Å². The maximum atomic E-state index is 12.4. The Hall–Kier alpha value is -1.82. The molecule has 0 aliphatic rings. The predicted molar refractivity (Wildman–Crippen MR) is 64.1 cm³/mol. The van der Waals surface area contributed by atoms with Crippen molar-refractivity contribution in [3.8, 4) is 0 Å². The first-order chi connectivity index (χ1) is 8.90. The van der Waals surface area contributed by atoms with Gasteiger partial charge in [-0.25, -0.2) is 0 Å². The fourth-order valence-corrected chi connectivity index (χ4v) is 1.88. The zero-order valence-corrected chi connectivity index (χ0v) is 10.1. The fraction of sp³-hybridized carbons (Fsp3) is 0.308. The van der Waals surface area contributed by atoms with Gasteiger partial charge in [-0.15, -0.1) is 0 Å². The first-order valence-corrected chi connectivity index (χ1v) is 5.66. The van der Waals surface area contributed by atoms with Crippen LogP contribution in [0.4, 0.5) is 13.2 Å². The molecule has 1 unspecified atom stereocenters. The van der Waals surface area contributed by atoms with Crippen LogP contribution in [0.15, 0.2) is 34.9 Å². The summed E-state index contributed by atoms with van der Waals surface area (Å²) >= 11 is 0. The Morgan fingerprint density at radius 3 is 2.74 bits per heavy atom. The highest BCUT2D eigenvalue weighted by molar-refractivity contribution is 6.02. The maximum Gasteiger partial charge on any atom is 0.391 e. The van der Waals surface area contributed by atoms with Crippen molar-refractivity contribution < 1.29 is 22.4 Å². The monoisotopic (exact) mass is 271 g/mol. The summed E-state index contributed by atoms with van der Waals surface area (Å²) in [5, 5.41) is 3.09. The van der Waals surface area contributed by atoms with Crippen molar-refractivity contribution in [1.82, 2.24) is 5.32 Å². The second kappa shape index (κ2) is 5.05. The lowest BCUT2D eigenvalue weighted by molar-refractivity contribution is -0.137. The molecule has 0 spiro atoms. The van der Waals surface area contributed by atoms with Gasteiger partial charge in [0, 0.05) is 10.9 Å². The average Bonchev–Trinajstić information content (AvgIpc) is 2.81. The number of hydrogen-bond donors (Lipinski definition) is 1. The van der Waals surface area contributed by atoms with E-state index in [1.807, 2.05) is 0 Å². The van der Waals surface area contributed by atoms with Gasteiger partial charge in [-0.3, -0.25) is 4.79 Å². The Kier molecular flexibility index (Phi) is 3.61. The molecule has 1 aromatic carbocycles. The van der Waals surface area contributed by atoms with Gasteiger partial charge in [0.05, 0.1) is 18.7 Å². The van der Waals surface area contributed by atoms with E-state index < -0.39 is 24.4 Å². The summed E-state index contributed by atoms with van der Waals surface area (Å²) in [6.07, 6.45) is -4.11. The lowest BCUT2D eigenvalue weighted by Gasteiger charge is -2.16. The van der Waals surface area contributed by atoms with Crippen LogP contribution in [0.2, 0.25) is 0 Å². The molecular weight excluding hydrogens is 259 g/mol. The van der Waals surface area contributed by atoms with Crippen LogP contribution in [0, 0.1) is 0 Å². The van der Waals surface area contributed by atoms with Gasteiger partial charge >= 0.3 is 6.18 Å². The molecule has 0 aliphatic heterocycles. The molecule has 0 radical (unpaired) electrons. The Labute approximate surface area is 107 Å². The third-order valence-corrected chi connectivity index (χ3v) is 2.84. The van der Waals surface area contributed by atoms with Crippen molar-refractivity contribution in [3.05, 3.63) is 36.1 Å². The highest BCUT2D eigenvalue weighted by Crippen LogP contribution is 2.24. The Bertz CT molecular complexity index is 589. The number of hydrogen-bond acceptors (Lipinski definition) is 3. The molecule has 1 atom stereocenters. The minimum absolute atomic E-state index is 0.234. The Balaban J connectivity index is 2.25. The summed E-state index contributed by atoms with van der Waals surface area (Å²) < 4.78 is 42.2. The number of nitrogens with one attached hydrogen (secondary N) is 1. The minimum atomic E-state index is -4.39. The first-order valence-electron chi connectivity index (χ1n) is 5.66. The fourth-order valence-electron chi connectivity index (χ4n) is 1.88. The molecule has 2 rings (SSSR count). The van der Waals surface area contributed by atoms with Gasteiger partial charge in [-0.05, 0) is 31.3 Å². The largest absolute Gasteiger partial charge is 0.464 e. The number of carbonyl (C=O) groups excluding carboxylic acids is 1. The van der Waals surface area contributed by atoms with E-state index in [2.05, 4.69) is 5.32 Å². The van der Waals surface area contributed by atoms with Crippen LogP contribution in [0.5, 0.6) is 0 Å². The molecule has 2 aromatic rings. The Morgan fingerprint density at radius 1 is 1.37 bits per heavy atom. The standard InChI is InChI=1S/C13H12F3NO2/c1-17-10(7-13(14,15)16)12(18)9-2-3-11-8(6-9)4-5-19-11/h2-6,10,17H,7H2,1H3. The van der Waals surface area contributed by atoms with Gasteiger partial charge in [0.15, 0.2) is 5.78 Å². The Morgan fingerprint density at radius 2 is 2.11 bits per heavy atom. The number of Topliss-reactive ketones (excluding diaryl/α,β-unsaturated/α-hetero) is 1. The number of carbonyl (C=O) groups is 1. The summed E-state index contributed by atoms with van der Waals surface area (Å²) in [7, 11) is 1.34. The second-order valence-corrected chi connectivity index (χ2v) is 4.20. The SMILES string of the molecule is CNC(CC(F)(F)F)C(=O)c1ccc2occc2c1. The quantitative estimate of drug-likeness (QED) is 0.868. The summed E-state index contributed by atoms with van der Waals surface area (Å²) in [6.45, 7) is 0. The minimum Gasteiger partial charge on any atom is -0.464 e. The maximum absolute atomic E-state index is 12.4. The van der Waals surface area contributed by atoms with Crippen molar-refractivity contribution in [3.63, 3.8) is 0 Å². The third-order valence-electron chi connectivity index (χ3n) is 2.84. The highest BCUT2D eigenvalue weighted by Gasteiger charge is 2.34. The number of furan rings is 1. The van der Waals surface area contributed by atoms with Gasteiger partial charge < -0.3 is 9.73 Å². The lowest BCUT2D eigenvalue weighted by Crippen LogP contribution is -2.38. The van der Waals surface area contributed by atoms with Crippen LogP contribution < -0.4 is 5.32 Å². The van der Waals surface area contributed by atoms with Crippen LogP contribution >= 0.6 is 0 Å². The molecular formula is C13H12F3NO2. The zero-order chi connectivity index (χ0) is 14.0. The number of halogens is 3. The molecule has 1 heterocycles. The number of ketones is 1. The van der Waals surface area contributed by atoms with Gasteiger partial charge in [0.1, 0.15) is 5.58 Å². The van der Waals surface area contributed by atoms with Crippen LogP contribution in [0.1, 0.15) is 16.8 Å². The number of likely N-dealkylation sites (N-methyl/N-ethyl adjacent to an activating group) is 1. The summed E-state index contributed by atoms with van der Waals surface area (Å²) in [5.74, 6) is -0.581. The predicted octanol–water partition coefficient (Wildman–Crippen LogP) is 3.16. The number of rotatable bonds is 4. The smallest absolute Gasteiger partial charge is 0.391 e. The molecule has 1 aromatic heterocycles. The van der Waals surface area contributed by atoms with E-state index in [0.29, 0.717) is 11.0 Å². The van der Waals surface area contributed by atoms with Crippen molar-refractivity contribution in [2.45, 2.75) is 18.6 Å². The molecule has 19 heavy (non-hydrogen) atoms. The topological polar surface area (TPSA) is 42.2 Å². The van der Waals surface area contributed by atoms with E-state index in [4.69, 9.17) is 4.42 Å². The first kappa shape index (κ1) is 13.6. The van der Waals surface area contributed by atoms with Gasteiger partial charge in [0.25, 0.3) is 0 Å². The molecule has 6 heteroatoms. The van der Waals surface area contributed by atoms with E-state index in [-0.39, 0.29) is 5.56 Å². The molecule has 1 N–H and O–H groups in total. The van der Waals surface area contributed by atoms with Gasteiger partial charge in [0.2, 0.25) is 0 Å². The molecule has 0 saturated carbocycles. The van der Waals surface area contributed by atoms with Crippen LogP contribution in [-0.2, 0) is 0 Å². The third kappa shape index (κ3) is 3.14. The van der Waals surface area contributed by atoms with Crippen molar-refractivity contribution in [2.75, 3.05) is 7.05 Å². The molecule has 0 amide bonds. The van der Waals surface area contributed by atoms with E-state index in [1.54, 1.807) is 12.1 Å². The average molecular weight is 271 g/mol. The van der Waals surface area contributed by atoms with E-state index >= 15 is 0 Å². The van der Waals surface area contributed by atoms with Crippen molar-refractivity contribution in [1.29, 1.82) is 0 Å². The summed E-state index contributed by atoms with van der Waals surface area (Å²) in [5.41, 5.74) is 0.825. The molecule has 0 aliphatic carbocycles. The molecule has 3 nitrogen and oxygen atoms in total. The van der Waals surface area contributed by atoms with Crippen LogP contribution in [0.25, 0.3) is 11.0 Å². The molecule has 0 saturated heterocycles. The molecule has 0 bridgehead atoms. The number of alkyl halides is 3. The summed E-state index contributed by atoms with van der Waals surface area (Å²) in [4.78, 5) is 12.0. The molecule has 0 fully saturated rings. The van der Waals surface area contributed by atoms with E-state index in [9.17, 15) is 18.0 Å². The number of fused-ring (bicyclic) bond motifs is 1. The van der Waals surface area contributed by atoms with Crippen molar-refractivity contribution in [2.24, 2.45) is 0 Å². The van der Waals surface area contributed by atoms with Crippen molar-refractivity contribution >= 4 is 16.8 Å². The lowest BCUT2D eigenvalue weighted by atomic mass is 10.0. The summed E-state index contributed by atoms with van der Waals surface area (Å²) in [6, 6.07) is 4.95. The van der Waals surface area contributed by atoms with Crippen LogP contribution in [0.3, 0.4) is 0 Å². The second-order valence-electron chi connectivity index (χ2n) is 4.20. The number of benzene rings is 1. The van der Waals surface area contributed by atoms with E-state index in [0.717, 1.165) is 0 Å². The zero-order valence-electron chi connectivity index (χ0n) is 10.1. The van der Waals surface area contributed by atoms with Gasteiger partial charge in [-0.1, -0.05) is 0 Å². The normalized spacial score (nSPS) is 13.7. The molecule has 102 valence electrons. The van der Waals surface area contributed by atoms with Gasteiger partial charge in [-0.2, -0.15) is 13.2 Å². The van der Waals surface area contributed by atoms with Crippen LogP contribution in [-0.4, -0.2) is 25.0 Å². The highest BCUT2D eigenvalue weighted by atomic mass is 19.4.